The Labute approximate surface area is 283 Å². The number of rotatable bonds is 12. The van der Waals surface area contributed by atoms with Gasteiger partial charge in [0.1, 0.15) is 23.8 Å². The molecule has 4 aromatic rings. The summed E-state index contributed by atoms with van der Waals surface area (Å²) in [5, 5.41) is 0. The summed E-state index contributed by atoms with van der Waals surface area (Å²) in [5.41, 5.74) is 13.7. The smallest absolute Gasteiger partial charge is 0.142 e. The Morgan fingerprint density at radius 3 is 2.34 bits per heavy atom. The average molecular weight is 641 g/mol. The van der Waals surface area contributed by atoms with Crippen molar-refractivity contribution in [2.75, 3.05) is 17.7 Å². The number of hydrogen-bond donors (Lipinski definition) is 1. The lowest BCUT2D eigenvalue weighted by atomic mass is 9.93. The fourth-order valence-electron chi connectivity index (χ4n) is 6.21. The maximum absolute atomic E-state index is 13.3. The molecule has 47 heavy (non-hydrogen) atoms. The molecule has 254 valence electrons. The van der Waals surface area contributed by atoms with E-state index in [1.165, 1.54) is 56.2 Å². The molecule has 0 unspecified atom stereocenters. The summed E-state index contributed by atoms with van der Waals surface area (Å²) in [4.78, 5) is 15.3. The first-order valence-electron chi connectivity index (χ1n) is 17.7. The number of imidazole rings is 1. The van der Waals surface area contributed by atoms with Crippen LogP contribution in [0.2, 0.25) is 0 Å². The summed E-state index contributed by atoms with van der Waals surface area (Å²) >= 11 is 0. The standard InChI is InChI=1S/C22H30N4.C16H21FN2.C2H6/c1-4-8-17-11-13-18(14-12-17)16(2)20-21(23)24-15-25-22(20)26(3)19-9-6-5-7-10-19;1-3-4-7-19-12-18-11-16(19)6-5-14-8-13(2)9-15(17)10-14;1-2/h11-15,19H,2,4-10H2,1,3H3,(H2,23,24,25);8-12H,3-7H2,1-2H3;1-2H3. The van der Waals surface area contributed by atoms with Crippen LogP contribution in [0, 0.1) is 12.7 Å². The predicted octanol–water partition coefficient (Wildman–Crippen LogP) is 9.78. The maximum Gasteiger partial charge on any atom is 0.142 e. The lowest BCUT2D eigenvalue weighted by molar-refractivity contribution is 0.426. The lowest BCUT2D eigenvalue weighted by Crippen LogP contribution is -2.34. The molecule has 2 N–H and O–H groups in total. The maximum atomic E-state index is 13.3. The first kappa shape index (κ1) is 37.5. The highest BCUT2D eigenvalue weighted by atomic mass is 19.1. The molecule has 0 aliphatic heterocycles. The van der Waals surface area contributed by atoms with E-state index in [9.17, 15) is 4.39 Å². The molecular formula is C40H57FN6. The van der Waals surface area contributed by atoms with Crippen LogP contribution in [0.5, 0.6) is 0 Å². The Bertz CT molecular complexity index is 1480. The Hall–Kier alpha value is -4.00. The molecule has 1 saturated carbocycles. The molecule has 7 heteroatoms. The van der Waals surface area contributed by atoms with Crippen LogP contribution in [0.15, 0.2) is 67.9 Å². The molecule has 0 radical (unpaired) electrons. The number of hydrogen-bond acceptors (Lipinski definition) is 5. The van der Waals surface area contributed by atoms with Gasteiger partial charge in [-0.25, -0.2) is 19.3 Å². The van der Waals surface area contributed by atoms with Crippen molar-refractivity contribution in [2.24, 2.45) is 0 Å². The molecule has 2 aromatic heterocycles. The van der Waals surface area contributed by atoms with Crippen molar-refractivity contribution < 1.29 is 4.39 Å². The molecule has 5 rings (SSSR count). The van der Waals surface area contributed by atoms with Gasteiger partial charge in [0.15, 0.2) is 0 Å². The third-order valence-corrected chi connectivity index (χ3v) is 8.78. The number of nitrogens with two attached hydrogens (primary N) is 1. The van der Waals surface area contributed by atoms with Gasteiger partial charge in [0, 0.05) is 31.5 Å². The van der Waals surface area contributed by atoms with Gasteiger partial charge in [-0.2, -0.15) is 0 Å². The van der Waals surface area contributed by atoms with Crippen molar-refractivity contribution in [2.45, 2.75) is 118 Å². The third kappa shape index (κ3) is 11.0. The minimum absolute atomic E-state index is 0.144. The summed E-state index contributed by atoms with van der Waals surface area (Å²) in [5.74, 6) is 1.25. The van der Waals surface area contributed by atoms with E-state index >= 15 is 0 Å². The number of halogens is 1. The van der Waals surface area contributed by atoms with Crippen LogP contribution in [0.4, 0.5) is 16.0 Å². The van der Waals surface area contributed by atoms with E-state index in [0.717, 1.165) is 65.9 Å². The van der Waals surface area contributed by atoms with Crippen LogP contribution in [0.3, 0.4) is 0 Å². The minimum atomic E-state index is -0.144. The van der Waals surface area contributed by atoms with Gasteiger partial charge in [0.25, 0.3) is 0 Å². The molecule has 1 aliphatic carbocycles. The molecule has 1 fully saturated rings. The second-order valence-corrected chi connectivity index (χ2v) is 12.4. The van der Waals surface area contributed by atoms with Crippen molar-refractivity contribution in [3.05, 3.63) is 107 Å². The zero-order valence-corrected chi connectivity index (χ0v) is 29.7. The van der Waals surface area contributed by atoms with Crippen molar-refractivity contribution in [1.29, 1.82) is 0 Å². The van der Waals surface area contributed by atoms with E-state index in [1.807, 2.05) is 33.3 Å². The van der Waals surface area contributed by atoms with E-state index < -0.39 is 0 Å². The molecule has 2 aromatic carbocycles. The summed E-state index contributed by atoms with van der Waals surface area (Å²) in [6, 6.07) is 14.4. The van der Waals surface area contributed by atoms with Crippen LogP contribution in [-0.2, 0) is 25.8 Å². The highest BCUT2D eigenvalue weighted by molar-refractivity contribution is 5.88. The fourth-order valence-corrected chi connectivity index (χ4v) is 6.21. The van der Waals surface area contributed by atoms with Crippen LogP contribution >= 0.6 is 0 Å². The second-order valence-electron chi connectivity index (χ2n) is 12.4. The third-order valence-electron chi connectivity index (χ3n) is 8.78. The van der Waals surface area contributed by atoms with Gasteiger partial charge in [-0.15, -0.1) is 0 Å². The number of unbranched alkanes of at least 4 members (excludes halogenated alkanes) is 1. The van der Waals surface area contributed by atoms with Gasteiger partial charge < -0.3 is 15.2 Å². The molecule has 0 spiro atoms. The summed E-state index contributed by atoms with van der Waals surface area (Å²) in [7, 11) is 2.12. The number of nitrogen functional groups attached to an aromatic ring is 1. The van der Waals surface area contributed by atoms with Crippen LogP contribution < -0.4 is 10.6 Å². The van der Waals surface area contributed by atoms with E-state index in [0.29, 0.717) is 11.9 Å². The van der Waals surface area contributed by atoms with Gasteiger partial charge in [-0.05, 0) is 85.4 Å². The molecule has 0 amide bonds. The Balaban J connectivity index is 0.000000254. The topological polar surface area (TPSA) is 72.9 Å². The zero-order chi connectivity index (χ0) is 34.2. The van der Waals surface area contributed by atoms with E-state index in [1.54, 1.807) is 18.5 Å². The SMILES string of the molecule is C=C(c1ccc(CCC)cc1)c1c(N)ncnc1N(C)C1CCCCC1.CC.CCCCn1cncc1CCc1cc(C)cc(F)c1. The first-order valence-corrected chi connectivity index (χ1v) is 17.7. The average Bonchev–Trinajstić information content (AvgIpc) is 3.54. The summed E-state index contributed by atoms with van der Waals surface area (Å²) in [6.45, 7) is 15.7. The highest BCUT2D eigenvalue weighted by Crippen LogP contribution is 2.35. The molecule has 0 saturated heterocycles. The Morgan fingerprint density at radius 1 is 0.957 bits per heavy atom. The lowest BCUT2D eigenvalue weighted by Gasteiger charge is -2.33. The van der Waals surface area contributed by atoms with Crippen LogP contribution in [0.25, 0.3) is 5.57 Å². The quantitative estimate of drug-likeness (QED) is 0.167. The van der Waals surface area contributed by atoms with Crippen LogP contribution in [-0.4, -0.2) is 32.6 Å². The predicted molar refractivity (Wildman–Crippen MR) is 197 cm³/mol. The fraction of sp³-hybridized carbons (Fsp3) is 0.475. The monoisotopic (exact) mass is 640 g/mol. The number of aryl methyl sites for hydroxylation is 5. The largest absolute Gasteiger partial charge is 0.383 e. The van der Waals surface area contributed by atoms with Gasteiger partial charge in [-0.3, -0.25) is 0 Å². The van der Waals surface area contributed by atoms with E-state index in [4.69, 9.17) is 5.73 Å². The summed E-state index contributed by atoms with van der Waals surface area (Å²) < 4.78 is 15.5. The molecule has 6 nitrogen and oxygen atoms in total. The van der Waals surface area contributed by atoms with Crippen molar-refractivity contribution in [1.82, 2.24) is 19.5 Å². The van der Waals surface area contributed by atoms with Crippen molar-refractivity contribution >= 4 is 17.2 Å². The van der Waals surface area contributed by atoms with Crippen LogP contribution in [0.1, 0.15) is 113 Å². The second kappa shape index (κ2) is 19.6. The number of anilines is 2. The van der Waals surface area contributed by atoms with Gasteiger partial charge in [0.2, 0.25) is 0 Å². The van der Waals surface area contributed by atoms with E-state index in [-0.39, 0.29) is 5.82 Å². The Kier molecular flexibility index (Phi) is 15.6. The molecule has 2 heterocycles. The number of benzene rings is 2. The van der Waals surface area contributed by atoms with Gasteiger partial charge in [-0.1, -0.05) is 96.7 Å². The Morgan fingerprint density at radius 2 is 1.68 bits per heavy atom. The highest BCUT2D eigenvalue weighted by Gasteiger charge is 2.24. The van der Waals surface area contributed by atoms with Crippen molar-refractivity contribution in [3.8, 4) is 0 Å². The molecule has 0 atom stereocenters. The molecule has 1 aliphatic rings. The molecular weight excluding hydrogens is 583 g/mol. The van der Waals surface area contributed by atoms with Gasteiger partial charge >= 0.3 is 0 Å². The number of aromatic nitrogens is 4. The zero-order valence-electron chi connectivity index (χ0n) is 29.7. The van der Waals surface area contributed by atoms with Crippen molar-refractivity contribution in [3.63, 3.8) is 0 Å². The van der Waals surface area contributed by atoms with E-state index in [2.05, 4.69) is 82.2 Å². The summed E-state index contributed by atoms with van der Waals surface area (Å²) in [6.07, 6.45) is 18.0. The van der Waals surface area contributed by atoms with Gasteiger partial charge in [0.05, 0.1) is 11.9 Å². The normalized spacial score (nSPS) is 12.8. The minimum Gasteiger partial charge on any atom is -0.383 e. The number of nitrogens with zero attached hydrogens (tertiary/aromatic N) is 5. The first-order chi connectivity index (χ1) is 22.8. The molecule has 0 bridgehead atoms.